The molecule has 0 saturated heterocycles. The number of carboxylic acids is 2. The molecule has 1 aromatic rings. The molecule has 0 amide bonds. The van der Waals surface area contributed by atoms with Gasteiger partial charge in [-0.1, -0.05) is 6.07 Å². The monoisotopic (exact) mass is 199 g/mol. The molecular formula is C8H7O4S-. The molecule has 0 aliphatic heterocycles. The Bertz CT molecular complexity index is 290. The average molecular weight is 199 g/mol. The summed E-state index contributed by atoms with van der Waals surface area (Å²) in [5, 5.41) is 20.7. The Morgan fingerprint density at radius 2 is 2.31 bits per heavy atom. The van der Waals surface area contributed by atoms with Gasteiger partial charge in [-0.15, -0.1) is 11.3 Å². The lowest BCUT2D eigenvalue weighted by molar-refractivity contribution is -0.310. The smallest absolute Gasteiger partial charge is 0.312 e. The molecule has 4 nitrogen and oxygen atoms in total. The van der Waals surface area contributed by atoms with Gasteiger partial charge in [0.25, 0.3) is 0 Å². The average Bonchev–Trinajstić information content (AvgIpc) is 2.50. The van der Waals surface area contributed by atoms with Crippen LogP contribution in [0.25, 0.3) is 0 Å². The number of thiophene rings is 1. The first-order valence-electron chi connectivity index (χ1n) is 3.57. The van der Waals surface area contributed by atoms with E-state index in [9.17, 15) is 14.7 Å². The molecule has 0 radical (unpaired) electrons. The van der Waals surface area contributed by atoms with Gasteiger partial charge in [-0.05, 0) is 11.4 Å². The predicted octanol–water partition coefficient (Wildman–Crippen LogP) is -0.259. The van der Waals surface area contributed by atoms with E-state index in [2.05, 4.69) is 0 Å². The third-order valence-electron chi connectivity index (χ3n) is 1.57. The Morgan fingerprint density at radius 1 is 1.62 bits per heavy atom. The summed E-state index contributed by atoms with van der Waals surface area (Å²) in [6, 6.07) is 3.44. The van der Waals surface area contributed by atoms with Gasteiger partial charge in [-0.25, -0.2) is 0 Å². The number of aliphatic carboxylic acids is 2. The zero-order valence-corrected chi connectivity index (χ0v) is 7.41. The second kappa shape index (κ2) is 4.04. The zero-order valence-electron chi connectivity index (χ0n) is 6.60. The van der Waals surface area contributed by atoms with E-state index in [1.807, 2.05) is 0 Å². The van der Waals surface area contributed by atoms with Crippen LogP contribution >= 0.6 is 11.3 Å². The van der Waals surface area contributed by atoms with Crippen molar-refractivity contribution in [1.29, 1.82) is 0 Å². The molecule has 0 fully saturated rings. The van der Waals surface area contributed by atoms with Crippen LogP contribution in [0, 0.1) is 5.92 Å². The van der Waals surface area contributed by atoms with E-state index in [4.69, 9.17) is 5.11 Å². The fourth-order valence-corrected chi connectivity index (χ4v) is 1.65. The second-order valence-corrected chi connectivity index (χ2v) is 3.53. The van der Waals surface area contributed by atoms with E-state index in [-0.39, 0.29) is 6.42 Å². The maximum absolute atomic E-state index is 10.5. The highest BCUT2D eigenvalue weighted by molar-refractivity contribution is 7.09. The Balaban J connectivity index is 2.69. The molecule has 1 N–H and O–H groups in total. The van der Waals surface area contributed by atoms with Gasteiger partial charge in [0.05, 0.1) is 5.97 Å². The Kier molecular flexibility index (Phi) is 3.02. The molecule has 0 spiro atoms. The van der Waals surface area contributed by atoms with Crippen LogP contribution in [-0.4, -0.2) is 17.0 Å². The minimum Gasteiger partial charge on any atom is -0.549 e. The van der Waals surface area contributed by atoms with Crippen molar-refractivity contribution in [2.75, 3.05) is 0 Å². The summed E-state index contributed by atoms with van der Waals surface area (Å²) in [6.45, 7) is 0. The summed E-state index contributed by atoms with van der Waals surface area (Å²) in [5.74, 6) is -4.34. The van der Waals surface area contributed by atoms with Crippen LogP contribution in [-0.2, 0) is 16.0 Å². The molecular weight excluding hydrogens is 192 g/mol. The maximum atomic E-state index is 10.5. The molecule has 0 saturated carbocycles. The van der Waals surface area contributed by atoms with Crippen molar-refractivity contribution in [1.82, 2.24) is 0 Å². The van der Waals surface area contributed by atoms with Gasteiger partial charge in [0, 0.05) is 11.3 Å². The lowest BCUT2D eigenvalue weighted by atomic mass is 10.1. The molecule has 0 aliphatic rings. The first kappa shape index (κ1) is 9.73. The summed E-state index contributed by atoms with van der Waals surface area (Å²) in [4.78, 5) is 21.6. The molecule has 0 aromatic carbocycles. The van der Waals surface area contributed by atoms with E-state index < -0.39 is 17.9 Å². The number of carbonyl (C=O) groups is 2. The maximum Gasteiger partial charge on any atom is 0.312 e. The van der Waals surface area contributed by atoms with Crippen LogP contribution in [0.3, 0.4) is 0 Å². The molecule has 1 heterocycles. The van der Waals surface area contributed by atoms with Crippen LogP contribution in [0.2, 0.25) is 0 Å². The fraction of sp³-hybridized carbons (Fsp3) is 0.250. The van der Waals surface area contributed by atoms with Crippen molar-refractivity contribution >= 4 is 23.3 Å². The minimum atomic E-state index is -1.54. The lowest BCUT2D eigenvalue weighted by Crippen LogP contribution is -2.37. The van der Waals surface area contributed by atoms with Crippen molar-refractivity contribution in [2.24, 2.45) is 5.92 Å². The molecule has 70 valence electrons. The first-order chi connectivity index (χ1) is 6.11. The van der Waals surface area contributed by atoms with Crippen molar-refractivity contribution < 1.29 is 19.8 Å². The summed E-state index contributed by atoms with van der Waals surface area (Å²) >= 11 is 1.33. The predicted molar refractivity (Wildman–Crippen MR) is 44.2 cm³/mol. The third kappa shape index (κ3) is 2.55. The van der Waals surface area contributed by atoms with E-state index in [1.165, 1.54) is 11.3 Å². The highest BCUT2D eigenvalue weighted by atomic mass is 32.1. The largest absolute Gasteiger partial charge is 0.549 e. The van der Waals surface area contributed by atoms with Crippen molar-refractivity contribution in [2.45, 2.75) is 6.42 Å². The number of carbonyl (C=O) groups excluding carboxylic acids is 1. The van der Waals surface area contributed by atoms with Gasteiger partial charge < -0.3 is 15.0 Å². The van der Waals surface area contributed by atoms with Crippen LogP contribution < -0.4 is 5.11 Å². The Hall–Kier alpha value is -1.36. The summed E-state index contributed by atoms with van der Waals surface area (Å²) in [6.07, 6.45) is -0.00463. The van der Waals surface area contributed by atoms with Gasteiger partial charge in [0.2, 0.25) is 0 Å². The first-order valence-corrected chi connectivity index (χ1v) is 4.45. The Labute approximate surface area is 78.4 Å². The van der Waals surface area contributed by atoms with Gasteiger partial charge in [-0.2, -0.15) is 0 Å². The van der Waals surface area contributed by atoms with Gasteiger partial charge in [0.15, 0.2) is 0 Å². The van der Waals surface area contributed by atoms with E-state index in [1.54, 1.807) is 17.5 Å². The van der Waals surface area contributed by atoms with Crippen molar-refractivity contribution in [3.05, 3.63) is 22.4 Å². The van der Waals surface area contributed by atoms with Gasteiger partial charge in [0.1, 0.15) is 5.92 Å². The SMILES string of the molecule is O=C([O-])C(Cc1cccs1)C(=O)O. The fourth-order valence-electron chi connectivity index (χ4n) is 0.901. The topological polar surface area (TPSA) is 77.4 Å². The van der Waals surface area contributed by atoms with Gasteiger partial charge in [-0.3, -0.25) is 4.79 Å². The molecule has 1 aromatic heterocycles. The highest BCUT2D eigenvalue weighted by Crippen LogP contribution is 2.14. The molecule has 1 unspecified atom stereocenters. The van der Waals surface area contributed by atoms with Gasteiger partial charge >= 0.3 is 5.97 Å². The molecule has 1 atom stereocenters. The van der Waals surface area contributed by atoms with Crippen LogP contribution in [0.15, 0.2) is 17.5 Å². The summed E-state index contributed by atoms with van der Waals surface area (Å²) in [7, 11) is 0. The summed E-state index contributed by atoms with van der Waals surface area (Å²) in [5.41, 5.74) is 0. The van der Waals surface area contributed by atoms with Crippen LogP contribution in [0.5, 0.6) is 0 Å². The van der Waals surface area contributed by atoms with Crippen LogP contribution in [0.4, 0.5) is 0 Å². The minimum absolute atomic E-state index is 0.00463. The molecule has 1 rings (SSSR count). The quantitative estimate of drug-likeness (QED) is 0.678. The van der Waals surface area contributed by atoms with Crippen molar-refractivity contribution in [3.8, 4) is 0 Å². The van der Waals surface area contributed by atoms with Crippen molar-refractivity contribution in [3.63, 3.8) is 0 Å². The van der Waals surface area contributed by atoms with Crippen LogP contribution in [0.1, 0.15) is 4.88 Å². The molecule has 13 heavy (non-hydrogen) atoms. The number of rotatable bonds is 4. The second-order valence-electron chi connectivity index (χ2n) is 2.49. The zero-order chi connectivity index (χ0) is 9.84. The molecule has 5 heteroatoms. The number of hydrogen-bond donors (Lipinski definition) is 1. The molecule has 0 bridgehead atoms. The van der Waals surface area contributed by atoms with E-state index in [0.717, 1.165) is 4.88 Å². The number of carboxylic acid groups (broad SMARTS) is 2. The Morgan fingerprint density at radius 3 is 2.69 bits per heavy atom. The molecule has 0 aliphatic carbocycles. The normalized spacial score (nSPS) is 12.3. The summed E-state index contributed by atoms with van der Waals surface area (Å²) < 4.78 is 0. The lowest BCUT2D eigenvalue weighted by Gasteiger charge is -2.11. The standard InChI is InChI=1S/C8H8O4S/c9-7(10)6(8(11)12)4-5-2-1-3-13-5/h1-3,6H,4H2,(H,9,10)(H,11,12)/p-1. The van der Waals surface area contributed by atoms with E-state index in [0.29, 0.717) is 0 Å². The number of hydrogen-bond acceptors (Lipinski definition) is 4. The highest BCUT2D eigenvalue weighted by Gasteiger charge is 2.19. The van der Waals surface area contributed by atoms with E-state index >= 15 is 0 Å². The third-order valence-corrected chi connectivity index (χ3v) is 2.47.